The van der Waals surface area contributed by atoms with E-state index in [9.17, 15) is 23.2 Å². The lowest BCUT2D eigenvalue weighted by molar-refractivity contribution is -0.128. The Morgan fingerprint density at radius 1 is 1.26 bits per heavy atom. The molecule has 1 aliphatic rings. The van der Waals surface area contributed by atoms with Crippen LogP contribution in [0.3, 0.4) is 0 Å². The summed E-state index contributed by atoms with van der Waals surface area (Å²) < 4.78 is 35.8. The first-order valence-electron chi connectivity index (χ1n) is 6.30. The van der Waals surface area contributed by atoms with Crippen molar-refractivity contribution in [1.82, 2.24) is 5.32 Å². The van der Waals surface area contributed by atoms with Crippen molar-refractivity contribution in [2.24, 2.45) is 5.41 Å². The zero-order valence-electron chi connectivity index (χ0n) is 10.6. The van der Waals surface area contributed by atoms with Crippen molar-refractivity contribution in [3.63, 3.8) is 0 Å². The first kappa shape index (κ1) is 16.2. The largest absolute Gasteiger partial charge is 0.441 e. The average Bonchev–Trinajstić information content (AvgIpc) is 2.59. The number of hydrogen-bond acceptors (Lipinski definition) is 3. The van der Waals surface area contributed by atoms with Gasteiger partial charge in [0.2, 0.25) is 5.91 Å². The van der Waals surface area contributed by atoms with Crippen molar-refractivity contribution in [3.8, 4) is 6.07 Å². The molecule has 0 spiro atoms. The van der Waals surface area contributed by atoms with E-state index in [2.05, 4.69) is 11.4 Å². The van der Waals surface area contributed by atoms with Gasteiger partial charge in [-0.05, 0) is 24.6 Å². The number of thioether (sulfide) groups is 1. The molecule has 1 amide bonds. The second kappa shape index (κ2) is 7.04. The summed E-state index contributed by atoms with van der Waals surface area (Å²) in [6, 6.07) is 2.07. The van der Waals surface area contributed by atoms with Crippen LogP contribution in [0.15, 0.2) is 0 Å². The van der Waals surface area contributed by atoms with Gasteiger partial charge in [-0.2, -0.15) is 18.4 Å². The van der Waals surface area contributed by atoms with Crippen molar-refractivity contribution in [3.05, 3.63) is 0 Å². The zero-order chi connectivity index (χ0) is 14.4. The molecule has 0 radical (unpaired) electrons. The predicted octanol–water partition coefficient (Wildman–Crippen LogP) is 3.22. The summed E-state index contributed by atoms with van der Waals surface area (Å²) >= 11 is -0.165. The Labute approximate surface area is 114 Å². The summed E-state index contributed by atoms with van der Waals surface area (Å²) in [5.41, 5.74) is -5.32. The minimum atomic E-state index is -4.28. The highest BCUT2D eigenvalue weighted by atomic mass is 32.2. The number of carbonyl (C=O) groups excluding carboxylic acids is 1. The van der Waals surface area contributed by atoms with Crippen LogP contribution in [0.25, 0.3) is 0 Å². The Morgan fingerprint density at radius 2 is 1.84 bits per heavy atom. The molecule has 0 heterocycles. The van der Waals surface area contributed by atoms with Crippen LogP contribution in [0, 0.1) is 16.7 Å². The molecule has 0 atom stereocenters. The van der Waals surface area contributed by atoms with Crippen molar-refractivity contribution in [2.75, 3.05) is 12.3 Å². The van der Waals surface area contributed by atoms with E-state index in [-0.39, 0.29) is 24.1 Å². The molecule has 1 aliphatic carbocycles. The average molecular weight is 294 g/mol. The minimum Gasteiger partial charge on any atom is -0.354 e. The summed E-state index contributed by atoms with van der Waals surface area (Å²) in [6.45, 7) is -0.0631. The topological polar surface area (TPSA) is 52.9 Å². The van der Waals surface area contributed by atoms with E-state index in [4.69, 9.17) is 0 Å². The van der Waals surface area contributed by atoms with Crippen LogP contribution >= 0.6 is 11.8 Å². The lowest BCUT2D eigenvalue weighted by atomic mass is 9.81. The van der Waals surface area contributed by atoms with Crippen LogP contribution in [0.1, 0.15) is 38.5 Å². The highest BCUT2D eigenvalue weighted by molar-refractivity contribution is 8.00. The van der Waals surface area contributed by atoms with Crippen LogP contribution in [0.5, 0.6) is 0 Å². The molecule has 1 saturated carbocycles. The van der Waals surface area contributed by atoms with Crippen LogP contribution < -0.4 is 5.32 Å². The van der Waals surface area contributed by atoms with E-state index in [0.717, 1.165) is 25.7 Å². The number of halogens is 3. The molecule has 0 aromatic carbocycles. The normalized spacial score (nSPS) is 19.3. The van der Waals surface area contributed by atoms with Gasteiger partial charge in [-0.3, -0.25) is 4.79 Å². The van der Waals surface area contributed by atoms with Crippen molar-refractivity contribution in [1.29, 1.82) is 5.26 Å². The fourth-order valence-electron chi connectivity index (χ4n) is 2.22. The van der Waals surface area contributed by atoms with Crippen molar-refractivity contribution < 1.29 is 18.0 Å². The van der Waals surface area contributed by atoms with Crippen LogP contribution in [0.4, 0.5) is 13.2 Å². The van der Waals surface area contributed by atoms with Gasteiger partial charge in [0.1, 0.15) is 5.41 Å². The number of alkyl halides is 3. The number of hydrogen-bond donors (Lipinski definition) is 1. The molecule has 1 rings (SSSR count). The van der Waals surface area contributed by atoms with Gasteiger partial charge in [0.25, 0.3) is 0 Å². The summed E-state index contributed by atoms with van der Waals surface area (Å²) in [4.78, 5) is 12.0. The molecule has 1 N–H and O–H groups in total. The van der Waals surface area contributed by atoms with E-state index < -0.39 is 16.8 Å². The Hall–Kier alpha value is -0.900. The standard InChI is InChI=1S/C12H17F3N2OS/c13-12(14,15)19-8-7-17-10(18)11(9-16)5-3-1-2-4-6-11/h1-8H2,(H,17,18). The molecule has 7 heteroatoms. The first-order valence-corrected chi connectivity index (χ1v) is 7.28. The molecule has 3 nitrogen and oxygen atoms in total. The number of carbonyl (C=O) groups is 1. The SMILES string of the molecule is N#CC1(C(=O)NCCSC(F)(F)F)CCCCCC1. The summed E-state index contributed by atoms with van der Waals surface area (Å²) in [6.07, 6.45) is 4.64. The van der Waals surface area contributed by atoms with Gasteiger partial charge in [-0.15, -0.1) is 0 Å². The van der Waals surface area contributed by atoms with Gasteiger partial charge in [0.15, 0.2) is 0 Å². The van der Waals surface area contributed by atoms with Gasteiger partial charge in [-0.25, -0.2) is 0 Å². The number of amides is 1. The number of nitriles is 1. The van der Waals surface area contributed by atoms with Gasteiger partial charge in [0, 0.05) is 12.3 Å². The summed E-state index contributed by atoms with van der Waals surface area (Å²) in [5.74, 6) is -0.642. The Balaban J connectivity index is 2.44. The third-order valence-electron chi connectivity index (χ3n) is 3.26. The fourth-order valence-corrected chi connectivity index (χ4v) is 2.66. The molecule has 0 aliphatic heterocycles. The molecule has 0 aromatic rings. The number of nitrogens with one attached hydrogen (secondary N) is 1. The Morgan fingerprint density at radius 3 is 2.32 bits per heavy atom. The van der Waals surface area contributed by atoms with Gasteiger partial charge in [-0.1, -0.05) is 25.7 Å². The van der Waals surface area contributed by atoms with E-state index in [1.807, 2.05) is 0 Å². The Bertz CT molecular complexity index is 344. The zero-order valence-corrected chi connectivity index (χ0v) is 11.4. The minimum absolute atomic E-state index is 0.0631. The first-order chi connectivity index (χ1) is 8.90. The van der Waals surface area contributed by atoms with Crippen LogP contribution in [-0.4, -0.2) is 23.7 Å². The van der Waals surface area contributed by atoms with Gasteiger partial charge < -0.3 is 5.32 Å². The summed E-state index contributed by atoms with van der Waals surface area (Å²) in [7, 11) is 0. The maximum absolute atomic E-state index is 12.0. The lowest BCUT2D eigenvalue weighted by Crippen LogP contribution is -2.41. The summed E-state index contributed by atoms with van der Waals surface area (Å²) in [5, 5.41) is 11.7. The monoisotopic (exact) mass is 294 g/mol. The molecule has 0 aromatic heterocycles. The number of rotatable bonds is 4. The smallest absolute Gasteiger partial charge is 0.354 e. The molecule has 0 saturated heterocycles. The molecule has 19 heavy (non-hydrogen) atoms. The highest BCUT2D eigenvalue weighted by Gasteiger charge is 2.38. The van der Waals surface area contributed by atoms with Crippen LogP contribution in [-0.2, 0) is 4.79 Å². The van der Waals surface area contributed by atoms with Crippen molar-refractivity contribution >= 4 is 17.7 Å². The Kier molecular flexibility index (Phi) is 5.98. The number of nitrogens with zero attached hydrogens (tertiary/aromatic N) is 1. The van der Waals surface area contributed by atoms with Crippen LogP contribution in [0.2, 0.25) is 0 Å². The molecule has 108 valence electrons. The fraction of sp³-hybridized carbons (Fsp3) is 0.833. The highest BCUT2D eigenvalue weighted by Crippen LogP contribution is 2.35. The van der Waals surface area contributed by atoms with E-state index in [1.165, 1.54) is 0 Å². The third kappa shape index (κ3) is 5.31. The van der Waals surface area contributed by atoms with Gasteiger partial charge in [0.05, 0.1) is 6.07 Å². The molecule has 0 bridgehead atoms. The maximum atomic E-state index is 12.0. The quantitative estimate of drug-likeness (QED) is 0.640. The maximum Gasteiger partial charge on any atom is 0.441 e. The molecule has 0 unspecified atom stereocenters. The van der Waals surface area contributed by atoms with E-state index in [0.29, 0.717) is 12.8 Å². The molecular formula is C12H17F3N2OS. The predicted molar refractivity (Wildman–Crippen MR) is 67.3 cm³/mol. The lowest BCUT2D eigenvalue weighted by Gasteiger charge is -2.23. The third-order valence-corrected chi connectivity index (χ3v) is 3.99. The second-order valence-electron chi connectivity index (χ2n) is 4.66. The van der Waals surface area contributed by atoms with Gasteiger partial charge >= 0.3 is 5.51 Å². The molecule has 1 fully saturated rings. The van der Waals surface area contributed by atoms with E-state index >= 15 is 0 Å². The second-order valence-corrected chi connectivity index (χ2v) is 5.82. The van der Waals surface area contributed by atoms with E-state index in [1.54, 1.807) is 0 Å². The van der Waals surface area contributed by atoms with Crippen molar-refractivity contribution in [2.45, 2.75) is 44.0 Å². The molecular weight excluding hydrogens is 277 g/mol.